The number of nitrogens with one attached hydrogen (secondary N) is 1. The Bertz CT molecular complexity index is 769. The van der Waals surface area contributed by atoms with Crippen LogP contribution in [0, 0.1) is 0 Å². The second-order valence-electron chi connectivity index (χ2n) is 5.18. The molecular weight excluding hydrogens is 280 g/mol. The van der Waals surface area contributed by atoms with E-state index in [4.69, 9.17) is 9.47 Å². The topological polar surface area (TPSA) is 60.5 Å². The Balaban J connectivity index is 1.73. The van der Waals surface area contributed by atoms with Crippen molar-refractivity contribution < 1.29 is 14.3 Å². The molecule has 3 heterocycles. The molecule has 1 N–H and O–H groups in total. The number of hydrogen-bond acceptors (Lipinski definition) is 5. The van der Waals surface area contributed by atoms with Gasteiger partial charge in [0, 0.05) is 30.1 Å². The van der Waals surface area contributed by atoms with Crippen LogP contribution in [-0.4, -0.2) is 24.1 Å². The Kier molecular flexibility index (Phi) is 3.04. The molecule has 22 heavy (non-hydrogen) atoms. The van der Waals surface area contributed by atoms with E-state index in [0.717, 1.165) is 41.3 Å². The first kappa shape index (κ1) is 12.9. The van der Waals surface area contributed by atoms with Gasteiger partial charge in [-0.2, -0.15) is 0 Å². The van der Waals surface area contributed by atoms with Crippen molar-refractivity contribution in [2.75, 3.05) is 13.3 Å². The molecule has 1 aromatic carbocycles. The van der Waals surface area contributed by atoms with Crippen LogP contribution in [0.3, 0.4) is 0 Å². The zero-order chi connectivity index (χ0) is 14.9. The van der Waals surface area contributed by atoms with Crippen LogP contribution in [0.1, 0.15) is 21.6 Å². The van der Waals surface area contributed by atoms with Gasteiger partial charge in [0.25, 0.3) is 0 Å². The molecule has 0 amide bonds. The van der Waals surface area contributed by atoms with E-state index in [0.29, 0.717) is 5.69 Å². The predicted molar refractivity (Wildman–Crippen MR) is 80.8 cm³/mol. The molecule has 0 unspecified atom stereocenters. The number of allylic oxidation sites excluding steroid dienone is 1. The van der Waals surface area contributed by atoms with Crippen molar-refractivity contribution in [3.05, 3.63) is 59.4 Å². The summed E-state index contributed by atoms with van der Waals surface area (Å²) in [4.78, 5) is 16.4. The zero-order valence-electron chi connectivity index (χ0n) is 11.8. The fourth-order valence-electron chi connectivity index (χ4n) is 2.71. The van der Waals surface area contributed by atoms with Gasteiger partial charge in [0.1, 0.15) is 5.69 Å². The van der Waals surface area contributed by atoms with E-state index in [9.17, 15) is 4.79 Å². The van der Waals surface area contributed by atoms with Crippen LogP contribution in [0.25, 0.3) is 5.70 Å². The zero-order valence-corrected chi connectivity index (χ0v) is 11.8. The number of nitrogens with zero attached hydrogens (tertiary/aromatic N) is 1. The molecule has 0 radical (unpaired) electrons. The van der Waals surface area contributed by atoms with Crippen LogP contribution < -0.4 is 14.8 Å². The van der Waals surface area contributed by atoms with Crippen molar-refractivity contribution in [2.24, 2.45) is 0 Å². The number of aromatic nitrogens is 1. The van der Waals surface area contributed by atoms with E-state index >= 15 is 0 Å². The lowest BCUT2D eigenvalue weighted by Gasteiger charge is -2.21. The summed E-state index contributed by atoms with van der Waals surface area (Å²) in [6.45, 7) is 1.03. The summed E-state index contributed by atoms with van der Waals surface area (Å²) in [6.07, 6.45) is 4.11. The molecule has 5 heteroatoms. The Morgan fingerprint density at radius 3 is 2.91 bits per heavy atom. The highest BCUT2D eigenvalue weighted by molar-refractivity contribution is 6.07. The molecule has 0 saturated carbocycles. The number of fused-ring (bicyclic) bond motifs is 2. The van der Waals surface area contributed by atoms with Gasteiger partial charge < -0.3 is 14.8 Å². The maximum Gasteiger partial charge on any atom is 0.231 e. The molecular formula is C17H14N2O3. The number of ether oxygens (including phenoxy) is 2. The van der Waals surface area contributed by atoms with E-state index in [2.05, 4.69) is 10.3 Å². The molecule has 2 aromatic rings. The van der Waals surface area contributed by atoms with Gasteiger partial charge in [-0.25, -0.2) is 0 Å². The molecule has 5 nitrogen and oxygen atoms in total. The standard InChI is InChI=1S/C17H14N2O3/c20-15(13-3-1-2-5-18-13)9-14-12-8-17-16(21-10-22-17)7-11(12)4-6-19-14/h1-3,5,7-9,19H,4,6,10H2. The first-order valence-electron chi connectivity index (χ1n) is 7.15. The largest absolute Gasteiger partial charge is 0.454 e. The first-order chi connectivity index (χ1) is 10.8. The summed E-state index contributed by atoms with van der Waals surface area (Å²) in [7, 11) is 0. The fourth-order valence-corrected chi connectivity index (χ4v) is 2.71. The lowest BCUT2D eigenvalue weighted by molar-refractivity contribution is 0.104. The second-order valence-corrected chi connectivity index (χ2v) is 5.18. The first-order valence-corrected chi connectivity index (χ1v) is 7.15. The molecule has 0 bridgehead atoms. The summed E-state index contributed by atoms with van der Waals surface area (Å²) < 4.78 is 10.8. The summed E-state index contributed by atoms with van der Waals surface area (Å²) in [6, 6.07) is 9.24. The van der Waals surface area contributed by atoms with Gasteiger partial charge in [-0.1, -0.05) is 6.07 Å². The van der Waals surface area contributed by atoms with E-state index in [-0.39, 0.29) is 12.6 Å². The molecule has 1 aromatic heterocycles. The van der Waals surface area contributed by atoms with E-state index in [1.165, 1.54) is 0 Å². The highest BCUT2D eigenvalue weighted by atomic mass is 16.7. The predicted octanol–water partition coefficient (Wildman–Crippen LogP) is 2.18. The Hall–Kier alpha value is -2.82. The van der Waals surface area contributed by atoms with Gasteiger partial charge in [-0.05, 0) is 36.2 Å². The van der Waals surface area contributed by atoms with Crippen molar-refractivity contribution in [1.82, 2.24) is 10.3 Å². The summed E-state index contributed by atoms with van der Waals surface area (Å²) >= 11 is 0. The number of pyridine rings is 1. The minimum Gasteiger partial charge on any atom is -0.454 e. The number of carbonyl (C=O) groups excluding carboxylic acids is 1. The van der Waals surface area contributed by atoms with Crippen LogP contribution in [0.5, 0.6) is 11.5 Å². The number of ketones is 1. The van der Waals surface area contributed by atoms with Crippen molar-refractivity contribution in [3.8, 4) is 11.5 Å². The molecule has 0 atom stereocenters. The van der Waals surface area contributed by atoms with Gasteiger partial charge >= 0.3 is 0 Å². The minimum absolute atomic E-state index is 0.117. The molecule has 2 aliphatic rings. The van der Waals surface area contributed by atoms with Crippen LogP contribution in [0.2, 0.25) is 0 Å². The molecule has 0 saturated heterocycles. The molecule has 0 spiro atoms. The lowest BCUT2D eigenvalue weighted by atomic mass is 9.96. The fraction of sp³-hybridized carbons (Fsp3) is 0.176. The Morgan fingerprint density at radius 2 is 2.09 bits per heavy atom. The van der Waals surface area contributed by atoms with E-state index < -0.39 is 0 Å². The van der Waals surface area contributed by atoms with Crippen LogP contribution >= 0.6 is 0 Å². The third-order valence-electron chi connectivity index (χ3n) is 3.79. The monoisotopic (exact) mass is 294 g/mol. The van der Waals surface area contributed by atoms with Gasteiger partial charge in [0.05, 0.1) is 0 Å². The van der Waals surface area contributed by atoms with E-state index in [1.807, 2.05) is 12.1 Å². The van der Waals surface area contributed by atoms with Crippen molar-refractivity contribution in [3.63, 3.8) is 0 Å². The number of rotatable bonds is 2. The smallest absolute Gasteiger partial charge is 0.231 e. The highest BCUT2D eigenvalue weighted by Crippen LogP contribution is 2.37. The third kappa shape index (κ3) is 2.20. The molecule has 110 valence electrons. The normalized spacial score (nSPS) is 17.0. The maximum absolute atomic E-state index is 12.3. The molecule has 4 rings (SSSR count). The molecule has 0 fully saturated rings. The lowest BCUT2D eigenvalue weighted by Crippen LogP contribution is -2.23. The van der Waals surface area contributed by atoms with Gasteiger partial charge in [-0.3, -0.25) is 9.78 Å². The van der Waals surface area contributed by atoms with Crippen LogP contribution in [0.15, 0.2) is 42.6 Å². The Morgan fingerprint density at radius 1 is 1.23 bits per heavy atom. The average Bonchev–Trinajstić information content (AvgIpc) is 3.01. The Labute approximate surface area is 127 Å². The highest BCUT2D eigenvalue weighted by Gasteiger charge is 2.22. The average molecular weight is 294 g/mol. The van der Waals surface area contributed by atoms with Crippen LogP contribution in [-0.2, 0) is 6.42 Å². The van der Waals surface area contributed by atoms with Crippen molar-refractivity contribution >= 4 is 11.5 Å². The van der Waals surface area contributed by atoms with Gasteiger partial charge in [-0.15, -0.1) is 0 Å². The summed E-state index contributed by atoms with van der Waals surface area (Å²) in [5.41, 5.74) is 3.38. The summed E-state index contributed by atoms with van der Waals surface area (Å²) in [5, 5.41) is 3.28. The number of hydrogen-bond donors (Lipinski definition) is 1. The van der Waals surface area contributed by atoms with Gasteiger partial charge in [0.15, 0.2) is 11.5 Å². The van der Waals surface area contributed by atoms with Gasteiger partial charge in [0.2, 0.25) is 12.6 Å². The molecule has 2 aliphatic heterocycles. The van der Waals surface area contributed by atoms with Crippen molar-refractivity contribution in [1.29, 1.82) is 0 Å². The minimum atomic E-state index is -0.117. The van der Waals surface area contributed by atoms with Crippen LogP contribution in [0.4, 0.5) is 0 Å². The molecule has 0 aliphatic carbocycles. The van der Waals surface area contributed by atoms with E-state index in [1.54, 1.807) is 30.5 Å². The summed E-state index contributed by atoms with van der Waals surface area (Å²) in [5.74, 6) is 1.38. The quantitative estimate of drug-likeness (QED) is 0.679. The third-order valence-corrected chi connectivity index (χ3v) is 3.79. The van der Waals surface area contributed by atoms with Crippen molar-refractivity contribution in [2.45, 2.75) is 6.42 Å². The number of benzene rings is 1. The second kappa shape index (κ2) is 5.18. The maximum atomic E-state index is 12.3. The SMILES string of the molecule is O=C(C=C1NCCc2cc3c(cc21)OCO3)c1ccccn1. The number of carbonyl (C=O) groups is 1.